The standard InChI is InChI=1S/C15H13ClN2O4/c16-10-3-4-13-12(6-10)18(15(20)9-22-13)8-14(19)17-7-11-2-1-5-21-11/h1-6H,7-9H2,(H,17,19). The number of carbonyl (C=O) groups excluding carboxylic acids is 2. The van der Waals surface area contributed by atoms with E-state index in [1.165, 1.54) is 11.2 Å². The minimum absolute atomic E-state index is 0.0971. The number of amides is 2. The molecule has 6 nitrogen and oxygen atoms in total. The first-order chi connectivity index (χ1) is 10.6. The molecule has 1 aromatic carbocycles. The monoisotopic (exact) mass is 320 g/mol. The van der Waals surface area contributed by atoms with Crippen molar-refractivity contribution >= 4 is 29.1 Å². The number of nitrogens with one attached hydrogen (secondary N) is 1. The average Bonchev–Trinajstić information content (AvgIpc) is 3.02. The third kappa shape index (κ3) is 3.07. The van der Waals surface area contributed by atoms with E-state index in [0.717, 1.165) is 0 Å². The Kier molecular flexibility index (Phi) is 4.02. The maximum atomic E-state index is 12.0. The van der Waals surface area contributed by atoms with E-state index in [9.17, 15) is 9.59 Å². The molecule has 7 heteroatoms. The molecule has 1 aromatic heterocycles. The molecule has 0 saturated carbocycles. The second-order valence-corrected chi connectivity index (χ2v) is 5.17. The highest BCUT2D eigenvalue weighted by Gasteiger charge is 2.27. The van der Waals surface area contributed by atoms with Crippen LogP contribution in [0.15, 0.2) is 41.0 Å². The van der Waals surface area contributed by atoms with Crippen LogP contribution in [-0.4, -0.2) is 25.0 Å². The zero-order valence-corrected chi connectivity index (χ0v) is 12.3. The van der Waals surface area contributed by atoms with E-state index in [-0.39, 0.29) is 31.5 Å². The summed E-state index contributed by atoms with van der Waals surface area (Å²) < 4.78 is 10.5. The van der Waals surface area contributed by atoms with Gasteiger partial charge in [0.15, 0.2) is 6.61 Å². The fraction of sp³-hybridized carbons (Fsp3) is 0.200. The summed E-state index contributed by atoms with van der Waals surface area (Å²) in [4.78, 5) is 25.4. The van der Waals surface area contributed by atoms with E-state index in [4.69, 9.17) is 20.8 Å². The number of halogens is 1. The molecule has 0 spiro atoms. The lowest BCUT2D eigenvalue weighted by atomic mass is 10.2. The summed E-state index contributed by atoms with van der Waals surface area (Å²) in [5.41, 5.74) is 0.497. The molecule has 0 unspecified atom stereocenters. The number of fused-ring (bicyclic) bond motifs is 1. The lowest BCUT2D eigenvalue weighted by molar-refractivity contribution is -0.125. The molecule has 0 saturated heterocycles. The Hall–Kier alpha value is -2.47. The lowest BCUT2D eigenvalue weighted by Crippen LogP contribution is -2.45. The number of hydrogen-bond acceptors (Lipinski definition) is 4. The van der Waals surface area contributed by atoms with Gasteiger partial charge in [0.1, 0.15) is 18.1 Å². The summed E-state index contributed by atoms with van der Waals surface area (Å²) in [6.45, 7) is 0.0725. The molecular weight excluding hydrogens is 308 g/mol. The Morgan fingerprint density at radius 1 is 1.36 bits per heavy atom. The van der Waals surface area contributed by atoms with Gasteiger partial charge in [0.05, 0.1) is 18.5 Å². The summed E-state index contributed by atoms with van der Waals surface area (Å²) in [6, 6.07) is 8.46. The average molecular weight is 321 g/mol. The van der Waals surface area contributed by atoms with Gasteiger partial charge in [-0.05, 0) is 30.3 Å². The molecule has 114 valence electrons. The number of rotatable bonds is 4. The van der Waals surface area contributed by atoms with Gasteiger partial charge in [0.2, 0.25) is 5.91 Å². The highest BCUT2D eigenvalue weighted by atomic mass is 35.5. The van der Waals surface area contributed by atoms with Crippen molar-refractivity contribution < 1.29 is 18.7 Å². The smallest absolute Gasteiger partial charge is 0.265 e. The van der Waals surface area contributed by atoms with Gasteiger partial charge in [0.25, 0.3) is 5.91 Å². The van der Waals surface area contributed by atoms with Gasteiger partial charge in [-0.25, -0.2) is 0 Å². The summed E-state index contributed by atoms with van der Waals surface area (Å²) >= 11 is 5.95. The van der Waals surface area contributed by atoms with Gasteiger partial charge in [-0.3, -0.25) is 14.5 Å². The van der Waals surface area contributed by atoms with Gasteiger partial charge in [-0.2, -0.15) is 0 Å². The number of nitrogens with zero attached hydrogens (tertiary/aromatic N) is 1. The highest BCUT2D eigenvalue weighted by molar-refractivity contribution is 6.31. The van der Waals surface area contributed by atoms with E-state index in [2.05, 4.69) is 5.32 Å². The van der Waals surface area contributed by atoms with Gasteiger partial charge >= 0.3 is 0 Å². The van der Waals surface area contributed by atoms with Crippen molar-refractivity contribution in [3.8, 4) is 5.75 Å². The molecular formula is C15H13ClN2O4. The van der Waals surface area contributed by atoms with Crippen molar-refractivity contribution in [3.63, 3.8) is 0 Å². The van der Waals surface area contributed by atoms with Crippen LogP contribution in [0.4, 0.5) is 5.69 Å². The SMILES string of the molecule is O=C(CN1C(=O)COc2ccc(Cl)cc21)NCc1ccco1. The molecule has 0 bridgehead atoms. The molecule has 1 N–H and O–H groups in total. The van der Waals surface area contributed by atoms with Crippen LogP contribution in [0.25, 0.3) is 0 Å². The predicted octanol–water partition coefficient (Wildman–Crippen LogP) is 1.97. The van der Waals surface area contributed by atoms with Crippen molar-refractivity contribution in [3.05, 3.63) is 47.4 Å². The number of benzene rings is 1. The predicted molar refractivity (Wildman–Crippen MR) is 79.9 cm³/mol. The Labute approximate surface area is 131 Å². The summed E-state index contributed by atoms with van der Waals surface area (Å²) in [5, 5.41) is 3.17. The molecule has 0 radical (unpaired) electrons. The van der Waals surface area contributed by atoms with Gasteiger partial charge in [-0.15, -0.1) is 0 Å². The van der Waals surface area contributed by atoms with E-state index in [1.54, 1.807) is 30.3 Å². The first-order valence-corrected chi connectivity index (χ1v) is 7.03. The molecule has 22 heavy (non-hydrogen) atoms. The fourth-order valence-electron chi connectivity index (χ4n) is 2.15. The van der Waals surface area contributed by atoms with Crippen molar-refractivity contribution in [2.45, 2.75) is 6.54 Å². The Morgan fingerprint density at radius 2 is 2.23 bits per heavy atom. The van der Waals surface area contributed by atoms with Crippen molar-refractivity contribution in [1.82, 2.24) is 5.32 Å². The van der Waals surface area contributed by atoms with Crippen LogP contribution in [-0.2, 0) is 16.1 Å². The van der Waals surface area contributed by atoms with Crippen LogP contribution in [0.1, 0.15) is 5.76 Å². The second-order valence-electron chi connectivity index (χ2n) is 4.74. The van der Waals surface area contributed by atoms with E-state index in [0.29, 0.717) is 22.2 Å². The minimum atomic E-state index is -0.294. The van der Waals surface area contributed by atoms with E-state index in [1.807, 2.05) is 0 Å². The van der Waals surface area contributed by atoms with Crippen molar-refractivity contribution in [2.24, 2.45) is 0 Å². The summed E-state index contributed by atoms with van der Waals surface area (Å²) in [5.74, 6) is 0.591. The number of carbonyl (C=O) groups is 2. The molecule has 1 aliphatic heterocycles. The summed E-state index contributed by atoms with van der Waals surface area (Å²) in [6.07, 6.45) is 1.53. The molecule has 3 rings (SSSR count). The third-order valence-corrected chi connectivity index (χ3v) is 3.44. The Bertz CT molecular complexity index is 700. The third-order valence-electron chi connectivity index (χ3n) is 3.21. The van der Waals surface area contributed by atoms with Crippen LogP contribution >= 0.6 is 11.6 Å². The van der Waals surface area contributed by atoms with Crippen molar-refractivity contribution in [2.75, 3.05) is 18.1 Å². The highest BCUT2D eigenvalue weighted by Crippen LogP contribution is 2.34. The Morgan fingerprint density at radius 3 is 3.00 bits per heavy atom. The second kappa shape index (κ2) is 6.11. The maximum Gasteiger partial charge on any atom is 0.265 e. The van der Waals surface area contributed by atoms with Crippen LogP contribution in [0.2, 0.25) is 5.02 Å². The molecule has 0 aliphatic carbocycles. The van der Waals surface area contributed by atoms with Crippen LogP contribution in [0, 0.1) is 0 Å². The molecule has 2 aromatic rings. The minimum Gasteiger partial charge on any atom is -0.482 e. The topological polar surface area (TPSA) is 71.8 Å². The van der Waals surface area contributed by atoms with Gasteiger partial charge < -0.3 is 14.5 Å². The normalized spacial score (nSPS) is 13.5. The molecule has 1 aliphatic rings. The number of furan rings is 1. The molecule has 2 amide bonds. The zero-order chi connectivity index (χ0) is 15.5. The number of ether oxygens (including phenoxy) is 1. The zero-order valence-electron chi connectivity index (χ0n) is 11.5. The molecule has 0 fully saturated rings. The van der Waals surface area contributed by atoms with Crippen LogP contribution in [0.5, 0.6) is 5.75 Å². The maximum absolute atomic E-state index is 12.0. The lowest BCUT2D eigenvalue weighted by Gasteiger charge is -2.28. The first kappa shape index (κ1) is 14.5. The number of hydrogen-bond donors (Lipinski definition) is 1. The Balaban J connectivity index is 1.70. The molecule has 0 atom stereocenters. The number of anilines is 1. The van der Waals surface area contributed by atoms with E-state index < -0.39 is 0 Å². The largest absolute Gasteiger partial charge is 0.482 e. The molecule has 2 heterocycles. The van der Waals surface area contributed by atoms with Gasteiger partial charge in [-0.1, -0.05) is 11.6 Å². The van der Waals surface area contributed by atoms with Gasteiger partial charge in [0, 0.05) is 5.02 Å². The summed E-state index contributed by atoms with van der Waals surface area (Å²) in [7, 11) is 0. The van der Waals surface area contributed by atoms with Crippen molar-refractivity contribution in [1.29, 1.82) is 0 Å². The first-order valence-electron chi connectivity index (χ1n) is 6.65. The quantitative estimate of drug-likeness (QED) is 0.935. The van der Waals surface area contributed by atoms with Crippen LogP contribution < -0.4 is 15.0 Å². The fourth-order valence-corrected chi connectivity index (χ4v) is 2.31. The van der Waals surface area contributed by atoms with Crippen LogP contribution in [0.3, 0.4) is 0 Å². The van der Waals surface area contributed by atoms with E-state index >= 15 is 0 Å².